The van der Waals surface area contributed by atoms with Crippen LogP contribution >= 0.6 is 11.6 Å². The lowest BCUT2D eigenvalue weighted by Crippen LogP contribution is -1.87. The Bertz CT molecular complexity index is 299. The highest BCUT2D eigenvalue weighted by atomic mass is 35.5. The van der Waals surface area contributed by atoms with Gasteiger partial charge in [0.1, 0.15) is 5.75 Å². The molecule has 1 aromatic rings. The molecule has 0 heterocycles. The Hall–Kier alpha value is -0.830. The number of aryl methyl sites for hydroxylation is 1. The fourth-order valence-electron chi connectivity index (χ4n) is 0.845. The fourth-order valence-corrected chi connectivity index (χ4v) is 1.15. The van der Waals surface area contributed by atoms with Crippen LogP contribution in [0.1, 0.15) is 17.6 Å². The number of rotatable bonds is 1. The molecule has 1 rings (SSSR count). The largest absolute Gasteiger partial charge is 0.508 e. The third kappa shape index (κ3) is 1.67. The van der Waals surface area contributed by atoms with Crippen LogP contribution < -0.4 is 0 Å². The third-order valence-electron chi connectivity index (χ3n) is 1.55. The standard InChI is InChI=1S/C8H7ClF2O/c1-4-2-6(9)5(8(10)11)3-7(4)12/h2-3,8,12H,1H3. The van der Waals surface area contributed by atoms with Gasteiger partial charge < -0.3 is 5.11 Å². The van der Waals surface area contributed by atoms with Gasteiger partial charge >= 0.3 is 0 Å². The Morgan fingerprint density at radius 3 is 2.50 bits per heavy atom. The second-order valence-corrected chi connectivity index (χ2v) is 2.87. The van der Waals surface area contributed by atoms with E-state index in [-0.39, 0.29) is 16.3 Å². The maximum Gasteiger partial charge on any atom is 0.265 e. The Balaban J connectivity index is 3.23. The Labute approximate surface area is 73.6 Å². The average molecular weight is 193 g/mol. The molecule has 4 heteroatoms. The SMILES string of the molecule is Cc1cc(Cl)c(C(F)F)cc1O. The minimum atomic E-state index is -2.65. The summed E-state index contributed by atoms with van der Waals surface area (Å²) in [5, 5.41) is 9.07. The van der Waals surface area contributed by atoms with Crippen molar-refractivity contribution in [2.75, 3.05) is 0 Å². The Morgan fingerprint density at radius 2 is 2.00 bits per heavy atom. The zero-order chi connectivity index (χ0) is 9.30. The van der Waals surface area contributed by atoms with Crippen LogP contribution in [0.25, 0.3) is 0 Å². The first-order chi connectivity index (χ1) is 5.52. The lowest BCUT2D eigenvalue weighted by molar-refractivity contribution is 0.151. The summed E-state index contributed by atoms with van der Waals surface area (Å²) < 4.78 is 24.3. The predicted octanol–water partition coefficient (Wildman–Crippen LogP) is 3.29. The molecule has 12 heavy (non-hydrogen) atoms. The van der Waals surface area contributed by atoms with E-state index in [0.717, 1.165) is 6.07 Å². The molecule has 0 spiro atoms. The molecule has 0 radical (unpaired) electrons. The molecule has 0 amide bonds. The first-order valence-electron chi connectivity index (χ1n) is 3.29. The molecule has 0 saturated heterocycles. The van der Waals surface area contributed by atoms with Gasteiger partial charge in [-0.2, -0.15) is 0 Å². The molecule has 0 aliphatic rings. The summed E-state index contributed by atoms with van der Waals surface area (Å²) in [4.78, 5) is 0. The zero-order valence-electron chi connectivity index (χ0n) is 6.31. The highest BCUT2D eigenvalue weighted by Crippen LogP contribution is 2.32. The van der Waals surface area contributed by atoms with E-state index in [4.69, 9.17) is 16.7 Å². The van der Waals surface area contributed by atoms with Crippen LogP contribution in [0.2, 0.25) is 5.02 Å². The highest BCUT2D eigenvalue weighted by Gasteiger charge is 2.13. The molecule has 1 nitrogen and oxygen atoms in total. The van der Waals surface area contributed by atoms with Gasteiger partial charge in [0.25, 0.3) is 6.43 Å². The number of hydrogen-bond acceptors (Lipinski definition) is 1. The van der Waals surface area contributed by atoms with Gasteiger partial charge in [0.15, 0.2) is 0 Å². The van der Waals surface area contributed by atoms with E-state index >= 15 is 0 Å². The number of alkyl halides is 2. The molecule has 0 aliphatic carbocycles. The van der Waals surface area contributed by atoms with E-state index in [1.165, 1.54) is 6.07 Å². The summed E-state index contributed by atoms with van der Waals surface area (Å²) >= 11 is 5.51. The van der Waals surface area contributed by atoms with Gasteiger partial charge in [-0.15, -0.1) is 0 Å². The lowest BCUT2D eigenvalue weighted by atomic mass is 10.1. The van der Waals surface area contributed by atoms with Crippen LogP contribution in [0, 0.1) is 6.92 Å². The van der Waals surface area contributed by atoms with Gasteiger partial charge in [-0.3, -0.25) is 0 Å². The monoisotopic (exact) mass is 192 g/mol. The van der Waals surface area contributed by atoms with E-state index in [2.05, 4.69) is 0 Å². The first kappa shape index (κ1) is 9.26. The summed E-state index contributed by atoms with van der Waals surface area (Å²) in [6.07, 6.45) is -2.65. The number of phenols is 1. The zero-order valence-corrected chi connectivity index (χ0v) is 7.07. The molecule has 66 valence electrons. The van der Waals surface area contributed by atoms with Crippen molar-refractivity contribution >= 4 is 11.6 Å². The van der Waals surface area contributed by atoms with Crippen molar-refractivity contribution in [2.45, 2.75) is 13.3 Å². The topological polar surface area (TPSA) is 20.2 Å². The number of phenolic OH excluding ortho intramolecular Hbond substituents is 1. The predicted molar refractivity (Wildman–Crippen MR) is 42.8 cm³/mol. The quantitative estimate of drug-likeness (QED) is 0.724. The molecule has 0 atom stereocenters. The van der Waals surface area contributed by atoms with E-state index < -0.39 is 6.43 Å². The summed E-state index contributed by atoms with van der Waals surface area (Å²) in [5.74, 6) is -0.158. The number of halogens is 3. The Morgan fingerprint density at radius 1 is 1.42 bits per heavy atom. The smallest absolute Gasteiger partial charge is 0.265 e. The molecule has 0 bridgehead atoms. The first-order valence-corrected chi connectivity index (χ1v) is 3.67. The van der Waals surface area contributed by atoms with Crippen LogP contribution in [-0.4, -0.2) is 5.11 Å². The van der Waals surface area contributed by atoms with E-state index in [1.807, 2.05) is 0 Å². The van der Waals surface area contributed by atoms with Gasteiger partial charge in [-0.05, 0) is 24.6 Å². The molecular weight excluding hydrogens is 186 g/mol. The minimum Gasteiger partial charge on any atom is -0.508 e. The highest BCUT2D eigenvalue weighted by molar-refractivity contribution is 6.31. The molecule has 0 saturated carbocycles. The second kappa shape index (κ2) is 3.27. The normalized spacial score (nSPS) is 10.8. The van der Waals surface area contributed by atoms with Crippen molar-refractivity contribution in [2.24, 2.45) is 0 Å². The lowest BCUT2D eigenvalue weighted by Gasteiger charge is -2.05. The molecule has 0 aromatic heterocycles. The fraction of sp³-hybridized carbons (Fsp3) is 0.250. The molecular formula is C8H7ClF2O. The number of hydrogen-bond donors (Lipinski definition) is 1. The second-order valence-electron chi connectivity index (χ2n) is 2.46. The van der Waals surface area contributed by atoms with Crippen molar-refractivity contribution < 1.29 is 13.9 Å². The van der Waals surface area contributed by atoms with Crippen LogP contribution in [0.4, 0.5) is 8.78 Å². The minimum absolute atomic E-state index is 0.0136. The number of benzene rings is 1. The van der Waals surface area contributed by atoms with Crippen LogP contribution in [0.5, 0.6) is 5.75 Å². The van der Waals surface area contributed by atoms with Gasteiger partial charge in [0, 0.05) is 10.6 Å². The van der Waals surface area contributed by atoms with Gasteiger partial charge in [0.05, 0.1) is 0 Å². The van der Waals surface area contributed by atoms with Crippen LogP contribution in [-0.2, 0) is 0 Å². The van der Waals surface area contributed by atoms with E-state index in [0.29, 0.717) is 5.56 Å². The molecule has 0 aliphatic heterocycles. The van der Waals surface area contributed by atoms with Crippen molar-refractivity contribution in [1.29, 1.82) is 0 Å². The van der Waals surface area contributed by atoms with Crippen molar-refractivity contribution in [3.63, 3.8) is 0 Å². The van der Waals surface area contributed by atoms with Crippen molar-refractivity contribution in [3.05, 3.63) is 28.3 Å². The van der Waals surface area contributed by atoms with Gasteiger partial charge in [-0.1, -0.05) is 11.6 Å². The summed E-state index contributed by atoms with van der Waals surface area (Å²) in [6.45, 7) is 1.59. The van der Waals surface area contributed by atoms with Crippen molar-refractivity contribution in [1.82, 2.24) is 0 Å². The summed E-state index contributed by atoms with van der Waals surface area (Å²) in [6, 6.07) is 2.31. The van der Waals surface area contributed by atoms with Crippen LogP contribution in [0.15, 0.2) is 12.1 Å². The van der Waals surface area contributed by atoms with E-state index in [1.54, 1.807) is 6.92 Å². The van der Waals surface area contributed by atoms with Crippen molar-refractivity contribution in [3.8, 4) is 5.75 Å². The van der Waals surface area contributed by atoms with Gasteiger partial charge in [0.2, 0.25) is 0 Å². The van der Waals surface area contributed by atoms with Gasteiger partial charge in [-0.25, -0.2) is 8.78 Å². The summed E-state index contributed by atoms with van der Waals surface area (Å²) in [5.41, 5.74) is 0.157. The molecule has 0 unspecified atom stereocenters. The maximum atomic E-state index is 12.1. The molecule has 1 N–H and O–H groups in total. The van der Waals surface area contributed by atoms with Crippen LogP contribution in [0.3, 0.4) is 0 Å². The maximum absolute atomic E-state index is 12.1. The van der Waals surface area contributed by atoms with E-state index in [9.17, 15) is 8.78 Å². The Kier molecular flexibility index (Phi) is 2.52. The summed E-state index contributed by atoms with van der Waals surface area (Å²) in [7, 11) is 0. The average Bonchev–Trinajstić information content (AvgIpc) is 1.96. The molecule has 1 aromatic carbocycles. The molecule has 0 fully saturated rings. The third-order valence-corrected chi connectivity index (χ3v) is 1.88. The number of aromatic hydroxyl groups is 1.